The molecule has 0 aliphatic heterocycles. The van der Waals surface area contributed by atoms with Gasteiger partial charge in [-0.05, 0) is 13.8 Å². The minimum absolute atomic E-state index is 0.591. The monoisotopic (exact) mass is 195 g/mol. The smallest absolute Gasteiger partial charge is 0.234 e. The van der Waals surface area contributed by atoms with Crippen LogP contribution in [0.25, 0.3) is 5.13 Å². The summed E-state index contributed by atoms with van der Waals surface area (Å²) >= 11 is 1.47. The topological polar surface area (TPSA) is 69.6 Å². The molecular formula is C7H9N5S. The Balaban J connectivity index is 2.51. The van der Waals surface area contributed by atoms with Gasteiger partial charge in [0.25, 0.3) is 0 Å². The van der Waals surface area contributed by atoms with Crippen molar-refractivity contribution in [1.29, 1.82) is 0 Å². The lowest BCUT2D eigenvalue weighted by atomic mass is 10.5. The molecule has 0 fully saturated rings. The van der Waals surface area contributed by atoms with Crippen molar-refractivity contribution in [3.63, 3.8) is 0 Å². The first-order valence-electron chi connectivity index (χ1n) is 3.79. The van der Waals surface area contributed by atoms with Crippen LogP contribution in [0.2, 0.25) is 0 Å². The molecule has 0 saturated heterocycles. The van der Waals surface area contributed by atoms with Crippen molar-refractivity contribution < 1.29 is 0 Å². The van der Waals surface area contributed by atoms with Crippen molar-refractivity contribution in [2.24, 2.45) is 0 Å². The number of anilines is 1. The second-order valence-corrected chi connectivity index (χ2v) is 3.89. The van der Waals surface area contributed by atoms with E-state index in [1.54, 1.807) is 10.7 Å². The SMILES string of the molecule is Cc1cc(N)n(-c2nnc(C)s2)n1. The van der Waals surface area contributed by atoms with Crippen LogP contribution in [0, 0.1) is 13.8 Å². The highest BCUT2D eigenvalue weighted by atomic mass is 32.1. The summed E-state index contributed by atoms with van der Waals surface area (Å²) in [5, 5.41) is 13.7. The molecule has 0 aliphatic carbocycles. The Hall–Kier alpha value is -1.43. The Labute approximate surface area is 79.2 Å². The number of nitrogens with zero attached hydrogens (tertiary/aromatic N) is 4. The van der Waals surface area contributed by atoms with Gasteiger partial charge in [-0.2, -0.15) is 9.78 Å². The van der Waals surface area contributed by atoms with Crippen molar-refractivity contribution in [2.45, 2.75) is 13.8 Å². The van der Waals surface area contributed by atoms with E-state index in [1.807, 2.05) is 13.8 Å². The Morgan fingerprint density at radius 3 is 2.62 bits per heavy atom. The molecule has 2 rings (SSSR count). The summed E-state index contributed by atoms with van der Waals surface area (Å²) in [6.45, 7) is 3.79. The van der Waals surface area contributed by atoms with E-state index in [4.69, 9.17) is 5.73 Å². The molecule has 5 nitrogen and oxygen atoms in total. The van der Waals surface area contributed by atoms with Crippen LogP contribution in [0.5, 0.6) is 0 Å². The summed E-state index contributed by atoms with van der Waals surface area (Å²) in [5.74, 6) is 0.591. The second kappa shape index (κ2) is 2.81. The summed E-state index contributed by atoms with van der Waals surface area (Å²) in [6.07, 6.45) is 0. The van der Waals surface area contributed by atoms with Gasteiger partial charge in [-0.15, -0.1) is 10.2 Å². The maximum atomic E-state index is 5.72. The van der Waals surface area contributed by atoms with Gasteiger partial charge in [-0.1, -0.05) is 11.3 Å². The van der Waals surface area contributed by atoms with Crippen molar-refractivity contribution in [2.75, 3.05) is 5.73 Å². The van der Waals surface area contributed by atoms with Gasteiger partial charge in [0.2, 0.25) is 5.13 Å². The molecule has 68 valence electrons. The Morgan fingerprint density at radius 2 is 2.15 bits per heavy atom. The third kappa shape index (κ3) is 1.40. The Kier molecular flexibility index (Phi) is 1.77. The van der Waals surface area contributed by atoms with E-state index in [0.717, 1.165) is 10.7 Å². The molecule has 0 atom stereocenters. The number of aromatic nitrogens is 4. The van der Waals surface area contributed by atoms with Crippen molar-refractivity contribution >= 4 is 17.2 Å². The molecule has 2 aromatic heterocycles. The summed E-state index contributed by atoms with van der Waals surface area (Å²) in [6, 6.07) is 1.80. The minimum Gasteiger partial charge on any atom is -0.383 e. The van der Waals surface area contributed by atoms with Gasteiger partial charge in [0.05, 0.1) is 5.69 Å². The molecule has 0 radical (unpaired) electrons. The molecule has 0 amide bonds. The summed E-state index contributed by atoms with van der Waals surface area (Å²) < 4.78 is 1.60. The average molecular weight is 195 g/mol. The molecule has 0 aliphatic rings. The maximum absolute atomic E-state index is 5.72. The van der Waals surface area contributed by atoms with E-state index >= 15 is 0 Å². The maximum Gasteiger partial charge on any atom is 0.234 e. The number of nitrogens with two attached hydrogens (primary N) is 1. The fraction of sp³-hybridized carbons (Fsp3) is 0.286. The van der Waals surface area contributed by atoms with Crippen molar-refractivity contribution in [1.82, 2.24) is 20.0 Å². The quantitative estimate of drug-likeness (QED) is 0.734. The van der Waals surface area contributed by atoms with Crippen LogP contribution in [0.4, 0.5) is 5.82 Å². The van der Waals surface area contributed by atoms with Crippen LogP contribution in [-0.2, 0) is 0 Å². The summed E-state index contributed by atoms with van der Waals surface area (Å²) in [7, 11) is 0. The summed E-state index contributed by atoms with van der Waals surface area (Å²) in [5.41, 5.74) is 6.60. The molecule has 0 bridgehead atoms. The molecule has 0 spiro atoms. The van der Waals surface area contributed by atoms with Crippen molar-refractivity contribution in [3.05, 3.63) is 16.8 Å². The van der Waals surface area contributed by atoms with Crippen LogP contribution in [0.1, 0.15) is 10.7 Å². The standard InChI is InChI=1S/C7H9N5S/c1-4-3-6(8)12(11-4)7-10-9-5(2)13-7/h3H,8H2,1-2H3. The number of hydrogen-bond donors (Lipinski definition) is 1. The van der Waals surface area contributed by atoms with Gasteiger partial charge in [-0.3, -0.25) is 0 Å². The van der Waals surface area contributed by atoms with E-state index in [1.165, 1.54) is 11.3 Å². The van der Waals surface area contributed by atoms with Gasteiger partial charge < -0.3 is 5.73 Å². The van der Waals surface area contributed by atoms with Crippen LogP contribution >= 0.6 is 11.3 Å². The first-order chi connectivity index (χ1) is 6.16. The molecular weight excluding hydrogens is 186 g/mol. The van der Waals surface area contributed by atoms with Gasteiger partial charge in [0.1, 0.15) is 10.8 Å². The van der Waals surface area contributed by atoms with Crippen LogP contribution < -0.4 is 5.73 Å². The predicted molar refractivity (Wildman–Crippen MR) is 50.9 cm³/mol. The third-order valence-electron chi connectivity index (χ3n) is 1.56. The van der Waals surface area contributed by atoms with E-state index in [-0.39, 0.29) is 0 Å². The number of rotatable bonds is 1. The first kappa shape index (κ1) is 8.18. The molecule has 2 N–H and O–H groups in total. The third-order valence-corrected chi connectivity index (χ3v) is 2.37. The fourth-order valence-corrected chi connectivity index (χ4v) is 1.70. The first-order valence-corrected chi connectivity index (χ1v) is 4.61. The lowest BCUT2D eigenvalue weighted by molar-refractivity contribution is 0.839. The molecule has 0 unspecified atom stereocenters. The zero-order chi connectivity index (χ0) is 9.42. The lowest BCUT2D eigenvalue weighted by Gasteiger charge is -1.94. The lowest BCUT2D eigenvalue weighted by Crippen LogP contribution is -2.00. The van der Waals surface area contributed by atoms with E-state index in [0.29, 0.717) is 10.9 Å². The number of hydrogen-bond acceptors (Lipinski definition) is 5. The number of nitrogen functional groups attached to an aromatic ring is 1. The second-order valence-electron chi connectivity index (χ2n) is 2.73. The summed E-state index contributed by atoms with van der Waals surface area (Å²) in [4.78, 5) is 0. The van der Waals surface area contributed by atoms with Crippen LogP contribution in [-0.4, -0.2) is 20.0 Å². The highest BCUT2D eigenvalue weighted by Gasteiger charge is 2.08. The Morgan fingerprint density at radius 1 is 1.38 bits per heavy atom. The van der Waals surface area contributed by atoms with E-state index in [9.17, 15) is 0 Å². The predicted octanol–water partition coefficient (Wildman–Crippen LogP) is 0.923. The van der Waals surface area contributed by atoms with E-state index < -0.39 is 0 Å². The zero-order valence-corrected chi connectivity index (χ0v) is 8.17. The van der Waals surface area contributed by atoms with Crippen LogP contribution in [0.15, 0.2) is 6.07 Å². The van der Waals surface area contributed by atoms with E-state index in [2.05, 4.69) is 15.3 Å². The molecule has 0 aromatic carbocycles. The minimum atomic E-state index is 0.591. The van der Waals surface area contributed by atoms with Gasteiger partial charge in [0.15, 0.2) is 0 Å². The fourth-order valence-electron chi connectivity index (χ4n) is 1.04. The highest BCUT2D eigenvalue weighted by molar-refractivity contribution is 7.13. The van der Waals surface area contributed by atoms with Crippen LogP contribution in [0.3, 0.4) is 0 Å². The molecule has 6 heteroatoms. The molecule has 2 heterocycles. The van der Waals surface area contributed by atoms with Gasteiger partial charge in [-0.25, -0.2) is 0 Å². The average Bonchev–Trinajstić information content (AvgIpc) is 2.58. The molecule has 2 aromatic rings. The number of aryl methyl sites for hydroxylation is 2. The van der Waals surface area contributed by atoms with Gasteiger partial charge in [0, 0.05) is 6.07 Å². The Bertz CT molecular complexity index is 430. The largest absolute Gasteiger partial charge is 0.383 e. The van der Waals surface area contributed by atoms with Crippen molar-refractivity contribution in [3.8, 4) is 5.13 Å². The molecule has 13 heavy (non-hydrogen) atoms. The zero-order valence-electron chi connectivity index (χ0n) is 7.35. The highest BCUT2D eigenvalue weighted by Crippen LogP contribution is 2.17. The normalized spacial score (nSPS) is 10.6. The molecule has 0 saturated carbocycles. The van der Waals surface area contributed by atoms with Gasteiger partial charge >= 0.3 is 0 Å².